The Morgan fingerprint density at radius 3 is 2.88 bits per heavy atom. The zero-order valence-corrected chi connectivity index (χ0v) is 13.6. The van der Waals surface area contributed by atoms with Crippen LogP contribution in [0.25, 0.3) is 5.78 Å². The monoisotopic (exact) mass is 345 g/mol. The number of hydrogen-bond donors (Lipinski definition) is 2. The van der Waals surface area contributed by atoms with Crippen molar-refractivity contribution in [3.8, 4) is 0 Å². The first kappa shape index (κ1) is 16.7. The summed E-state index contributed by atoms with van der Waals surface area (Å²) in [4.78, 5) is 31.4. The van der Waals surface area contributed by atoms with Crippen LogP contribution in [-0.4, -0.2) is 49.3 Å². The molecule has 25 heavy (non-hydrogen) atoms. The van der Waals surface area contributed by atoms with Crippen molar-refractivity contribution in [3.05, 3.63) is 47.6 Å². The van der Waals surface area contributed by atoms with Gasteiger partial charge in [0.2, 0.25) is 0 Å². The molecule has 1 aliphatic carbocycles. The minimum absolute atomic E-state index is 0.0169. The van der Waals surface area contributed by atoms with Crippen LogP contribution in [0.2, 0.25) is 0 Å². The molecule has 1 atom stereocenters. The van der Waals surface area contributed by atoms with E-state index in [4.69, 9.17) is 0 Å². The molecule has 0 saturated carbocycles. The van der Waals surface area contributed by atoms with Gasteiger partial charge < -0.3 is 10.4 Å². The molecule has 0 fully saturated rings. The summed E-state index contributed by atoms with van der Waals surface area (Å²) < 4.78 is 14.8. The van der Waals surface area contributed by atoms with Gasteiger partial charge in [0, 0.05) is 18.0 Å². The molecule has 0 aromatic carbocycles. The number of amides is 1. The molecule has 2 N–H and O–H groups in total. The standard InChI is InChI=1S/C16H16FN5O3/c1-16(2)6-9(3-4-12(16)17)7-18-13(23)10-5-11(14(24)25)22-15(21-10)19-8-20-22/h3-6,8,12H,7H2,1-2H3,(H,18,23)(H,24,25). The van der Waals surface area contributed by atoms with Crippen molar-refractivity contribution in [2.24, 2.45) is 5.41 Å². The maximum Gasteiger partial charge on any atom is 0.354 e. The van der Waals surface area contributed by atoms with Gasteiger partial charge in [-0.1, -0.05) is 26.0 Å². The van der Waals surface area contributed by atoms with Crippen molar-refractivity contribution in [2.75, 3.05) is 6.54 Å². The second-order valence-corrected chi connectivity index (χ2v) is 6.29. The number of alkyl halides is 1. The maximum atomic E-state index is 13.7. The molecular formula is C16H16FN5O3. The number of carboxylic acid groups (broad SMARTS) is 1. The van der Waals surface area contributed by atoms with E-state index in [9.17, 15) is 19.1 Å². The average Bonchev–Trinajstić information content (AvgIpc) is 3.02. The van der Waals surface area contributed by atoms with Crippen LogP contribution in [0.3, 0.4) is 0 Å². The minimum Gasteiger partial charge on any atom is -0.477 e. The predicted molar refractivity (Wildman–Crippen MR) is 86.0 cm³/mol. The predicted octanol–water partition coefficient (Wildman–Crippen LogP) is 1.41. The van der Waals surface area contributed by atoms with Crippen molar-refractivity contribution < 1.29 is 19.1 Å². The lowest BCUT2D eigenvalue weighted by Crippen LogP contribution is -2.30. The van der Waals surface area contributed by atoms with Gasteiger partial charge >= 0.3 is 5.97 Å². The Kier molecular flexibility index (Phi) is 4.07. The largest absolute Gasteiger partial charge is 0.477 e. The van der Waals surface area contributed by atoms with Crippen molar-refractivity contribution in [3.63, 3.8) is 0 Å². The first-order chi connectivity index (χ1) is 11.8. The number of halogens is 1. The van der Waals surface area contributed by atoms with Gasteiger partial charge in [0.1, 0.15) is 18.2 Å². The molecule has 9 heteroatoms. The molecule has 0 saturated heterocycles. The molecule has 130 valence electrons. The fourth-order valence-corrected chi connectivity index (χ4v) is 2.53. The van der Waals surface area contributed by atoms with E-state index in [1.807, 2.05) is 0 Å². The van der Waals surface area contributed by atoms with Crippen molar-refractivity contribution in [1.29, 1.82) is 0 Å². The Morgan fingerprint density at radius 2 is 2.20 bits per heavy atom. The number of nitrogens with one attached hydrogen (secondary N) is 1. The van der Waals surface area contributed by atoms with Crippen LogP contribution in [0.4, 0.5) is 4.39 Å². The first-order valence-corrected chi connectivity index (χ1v) is 7.54. The van der Waals surface area contributed by atoms with Crippen LogP contribution in [-0.2, 0) is 0 Å². The zero-order chi connectivity index (χ0) is 18.2. The van der Waals surface area contributed by atoms with E-state index in [1.54, 1.807) is 26.0 Å². The molecule has 0 spiro atoms. The second-order valence-electron chi connectivity index (χ2n) is 6.29. The highest BCUT2D eigenvalue weighted by Crippen LogP contribution is 2.31. The SMILES string of the molecule is CC1(C)C=C(CNC(=O)c2cc(C(=O)O)n3ncnc3n2)C=CC1F. The summed E-state index contributed by atoms with van der Waals surface area (Å²) in [5.74, 6) is -1.79. The molecule has 2 aromatic heterocycles. The van der Waals surface area contributed by atoms with E-state index in [0.29, 0.717) is 0 Å². The number of aromatic carboxylic acids is 1. The summed E-state index contributed by atoms with van der Waals surface area (Å²) in [5.41, 5.74) is -0.190. The van der Waals surface area contributed by atoms with Crippen LogP contribution in [0, 0.1) is 5.41 Å². The number of hydrogen-bond acceptors (Lipinski definition) is 5. The van der Waals surface area contributed by atoms with E-state index < -0.39 is 23.5 Å². The highest BCUT2D eigenvalue weighted by Gasteiger charge is 2.28. The lowest BCUT2D eigenvalue weighted by molar-refractivity contribution is 0.0687. The van der Waals surface area contributed by atoms with Gasteiger partial charge in [0.05, 0.1) is 0 Å². The van der Waals surface area contributed by atoms with Crippen LogP contribution >= 0.6 is 0 Å². The summed E-state index contributed by atoms with van der Waals surface area (Å²) in [7, 11) is 0. The number of carbonyl (C=O) groups is 2. The number of carboxylic acids is 1. The highest BCUT2D eigenvalue weighted by molar-refractivity contribution is 5.95. The van der Waals surface area contributed by atoms with Crippen molar-refractivity contribution in [2.45, 2.75) is 20.0 Å². The summed E-state index contributed by atoms with van der Waals surface area (Å²) in [5, 5.41) is 15.6. The van der Waals surface area contributed by atoms with Crippen molar-refractivity contribution in [1.82, 2.24) is 24.9 Å². The number of fused-ring (bicyclic) bond motifs is 1. The van der Waals surface area contributed by atoms with Crippen molar-refractivity contribution >= 4 is 17.7 Å². The molecule has 0 bridgehead atoms. The van der Waals surface area contributed by atoms with Crippen LogP contribution in [0.5, 0.6) is 0 Å². The minimum atomic E-state index is -1.25. The van der Waals surface area contributed by atoms with Gasteiger partial charge in [-0.3, -0.25) is 4.79 Å². The van der Waals surface area contributed by atoms with E-state index in [2.05, 4.69) is 20.4 Å². The Bertz CT molecular complexity index is 916. The molecule has 0 radical (unpaired) electrons. The topological polar surface area (TPSA) is 109 Å². The molecule has 8 nitrogen and oxygen atoms in total. The van der Waals surface area contributed by atoms with Gasteiger partial charge in [0.25, 0.3) is 11.7 Å². The molecular weight excluding hydrogens is 329 g/mol. The zero-order valence-electron chi connectivity index (χ0n) is 13.6. The van der Waals surface area contributed by atoms with Gasteiger partial charge in [-0.25, -0.2) is 14.2 Å². The van der Waals surface area contributed by atoms with Gasteiger partial charge in [0.15, 0.2) is 5.69 Å². The molecule has 0 aliphatic heterocycles. The number of carbonyl (C=O) groups excluding carboxylic acids is 1. The fourth-order valence-electron chi connectivity index (χ4n) is 2.53. The van der Waals surface area contributed by atoms with E-state index in [-0.39, 0.29) is 23.7 Å². The average molecular weight is 345 g/mol. The molecule has 2 aromatic rings. The lowest BCUT2D eigenvalue weighted by Gasteiger charge is -2.27. The van der Waals surface area contributed by atoms with Crippen LogP contribution in [0.1, 0.15) is 34.8 Å². The Balaban J connectivity index is 1.79. The molecule has 1 amide bonds. The molecule has 1 unspecified atom stereocenters. The summed E-state index contributed by atoms with van der Waals surface area (Å²) in [6.45, 7) is 3.71. The molecule has 2 heterocycles. The lowest BCUT2D eigenvalue weighted by atomic mass is 9.82. The first-order valence-electron chi connectivity index (χ1n) is 7.54. The third-order valence-corrected chi connectivity index (χ3v) is 3.90. The number of allylic oxidation sites excluding steroid dienone is 2. The molecule has 1 aliphatic rings. The number of nitrogens with zero attached hydrogens (tertiary/aromatic N) is 4. The summed E-state index contributed by atoms with van der Waals surface area (Å²) >= 11 is 0. The van der Waals surface area contributed by atoms with Crippen LogP contribution < -0.4 is 5.32 Å². The maximum absolute atomic E-state index is 13.7. The quantitative estimate of drug-likeness (QED) is 0.867. The van der Waals surface area contributed by atoms with Gasteiger partial charge in [-0.05, 0) is 11.6 Å². The fraction of sp³-hybridized carbons (Fsp3) is 0.312. The highest BCUT2D eigenvalue weighted by atomic mass is 19.1. The van der Waals surface area contributed by atoms with E-state index in [1.165, 1.54) is 6.08 Å². The Labute approximate surface area is 142 Å². The third-order valence-electron chi connectivity index (χ3n) is 3.90. The normalized spacial score (nSPS) is 18.8. The smallest absolute Gasteiger partial charge is 0.354 e. The number of aromatic nitrogens is 4. The Hall–Kier alpha value is -3.10. The van der Waals surface area contributed by atoms with Crippen LogP contribution in [0.15, 0.2) is 36.2 Å². The van der Waals surface area contributed by atoms with E-state index >= 15 is 0 Å². The molecule has 3 rings (SSSR count). The summed E-state index contributed by atoms with van der Waals surface area (Å²) in [6, 6.07) is 1.13. The number of rotatable bonds is 4. The summed E-state index contributed by atoms with van der Waals surface area (Å²) in [6.07, 6.45) is 4.90. The van der Waals surface area contributed by atoms with Gasteiger partial charge in [-0.15, -0.1) is 0 Å². The Morgan fingerprint density at radius 1 is 1.44 bits per heavy atom. The third kappa shape index (κ3) is 3.25. The van der Waals surface area contributed by atoms with Gasteiger partial charge in [-0.2, -0.15) is 14.6 Å². The van der Waals surface area contributed by atoms with E-state index in [0.717, 1.165) is 22.5 Å². The second kappa shape index (κ2) is 6.08.